The monoisotopic (exact) mass is 1290 g/mol. The predicted octanol–water partition coefficient (Wildman–Crippen LogP) is 13.1. The molecule has 0 amide bonds. The van der Waals surface area contributed by atoms with Crippen molar-refractivity contribution < 1.29 is 66.3 Å². The summed E-state index contributed by atoms with van der Waals surface area (Å²) < 4.78 is 0. The molecular formula is C51H69Cl3N6O3P2Ru3. The van der Waals surface area contributed by atoms with E-state index in [1.807, 2.05) is 97.3 Å². The molecule has 0 spiro atoms. The number of aromatic nitrogens is 6. The fraction of sp³-hybridized carbons (Fsp3) is 0.333. The minimum absolute atomic E-state index is 0.353. The summed E-state index contributed by atoms with van der Waals surface area (Å²) >= 11 is 4.87. The van der Waals surface area contributed by atoms with Crippen LogP contribution in [0.5, 0.6) is 0 Å². The van der Waals surface area contributed by atoms with E-state index in [1.165, 1.54) is 11.4 Å². The van der Waals surface area contributed by atoms with Gasteiger partial charge in [0.25, 0.3) is 0 Å². The van der Waals surface area contributed by atoms with Crippen LogP contribution in [-0.4, -0.2) is 71.9 Å². The third kappa shape index (κ3) is 28.4. The van der Waals surface area contributed by atoms with Crippen LogP contribution in [0.2, 0.25) is 0 Å². The molecule has 0 aliphatic heterocycles. The van der Waals surface area contributed by atoms with Crippen molar-refractivity contribution in [3.63, 3.8) is 0 Å². The van der Waals surface area contributed by atoms with E-state index in [2.05, 4.69) is 170 Å². The summed E-state index contributed by atoms with van der Waals surface area (Å²) in [6.45, 7) is 37.2. The first-order valence-electron chi connectivity index (χ1n) is 20.9. The number of pyridine rings is 6. The molecule has 0 N–H and O–H groups in total. The van der Waals surface area contributed by atoms with Crippen molar-refractivity contribution in [3.05, 3.63) is 152 Å². The molecular weight excluding hydrogens is 1220 g/mol. The molecule has 0 aliphatic rings. The normalized spacial score (nSPS) is 10.0. The number of nitrogens with zero attached hydrogens (tertiary/aromatic N) is 6. The zero-order valence-corrected chi connectivity index (χ0v) is 50.4. The maximum absolute atomic E-state index is 7.75. The Bertz CT molecular complexity index is 2100. The van der Waals surface area contributed by atoms with E-state index in [9.17, 15) is 0 Å². The van der Waals surface area contributed by atoms with Crippen molar-refractivity contribution >= 4 is 65.3 Å². The quantitative estimate of drug-likeness (QED) is 0.0570. The Hall–Kier alpha value is -2.49. The zero-order chi connectivity index (χ0) is 52.7. The second-order valence-electron chi connectivity index (χ2n) is 16.7. The van der Waals surface area contributed by atoms with Gasteiger partial charge in [-0.05, 0) is 142 Å². The van der Waals surface area contributed by atoms with Crippen molar-refractivity contribution in [2.45, 2.75) is 110 Å². The van der Waals surface area contributed by atoms with Gasteiger partial charge in [-0.15, -0.1) is 6.42 Å². The van der Waals surface area contributed by atoms with Crippen LogP contribution in [0.1, 0.15) is 86.3 Å². The van der Waals surface area contributed by atoms with Crippen LogP contribution in [-0.2, 0) is 85.1 Å². The standard InChI is InChI=1S/C19H27N2P.C17H23N2P.C12H11N2.3CHO.3ClH.3Ru.3H/c1-18(2,3)22(19(4,5)6)14-15-10-9-12-17(21-15)16-11-7-8-13-20-16;1-13(2)20(14(3)4)12-15-8-7-10-17(19-15)16-9-5-6-11-18-16;1-2-10-6-5-8-12(14-10)11-7-3-4-9-13-11;3*1-2;;;;;;;;;/h7-13H,14H2,1-6H3;5-11,13-14H,12H2,1-4H3;3-9H,1-2H2;3*1H;3*1H;;;;;;/q;;4*-1;;;;2*+1;+3;;;/p-1. The minimum atomic E-state index is -0.609. The molecule has 17 heteroatoms. The molecule has 0 saturated heterocycles. The molecule has 376 valence electrons. The first kappa shape index (κ1) is 69.8. The topological polar surface area (TPSA) is 129 Å². The first-order chi connectivity index (χ1) is 32.7. The summed E-state index contributed by atoms with van der Waals surface area (Å²) in [5, 5.41) is 0.706. The van der Waals surface area contributed by atoms with Gasteiger partial charge < -0.3 is 21.3 Å². The van der Waals surface area contributed by atoms with Crippen molar-refractivity contribution in [2.24, 2.45) is 0 Å². The summed E-state index contributed by atoms with van der Waals surface area (Å²) in [5.41, 5.74) is 10.6. The van der Waals surface area contributed by atoms with Crippen LogP contribution >= 0.6 is 44.9 Å². The average molecular weight is 1290 g/mol. The van der Waals surface area contributed by atoms with E-state index in [0.717, 1.165) is 63.5 Å². The molecule has 0 aromatic carbocycles. The van der Waals surface area contributed by atoms with Gasteiger partial charge in [-0.3, -0.25) is 40.3 Å². The molecule has 0 aliphatic carbocycles. The molecule has 0 radical (unpaired) electrons. The van der Waals surface area contributed by atoms with Gasteiger partial charge in [-0.1, -0.05) is 36.4 Å². The number of hydrogen-bond acceptors (Lipinski definition) is 9. The molecule has 0 saturated carbocycles. The average Bonchev–Trinajstić information content (AvgIpc) is 3.39. The van der Waals surface area contributed by atoms with Gasteiger partial charge in [0.1, 0.15) is 6.16 Å². The van der Waals surface area contributed by atoms with Crippen LogP contribution in [0.15, 0.2) is 128 Å². The molecule has 0 atom stereocenters. The maximum atomic E-state index is 7.75. The molecule has 6 aromatic heterocycles. The van der Waals surface area contributed by atoms with Crippen molar-refractivity contribution in [3.8, 4) is 34.2 Å². The van der Waals surface area contributed by atoms with Gasteiger partial charge in [-0.25, -0.2) is 9.97 Å². The predicted molar refractivity (Wildman–Crippen MR) is 287 cm³/mol. The second-order valence-corrected chi connectivity index (χ2v) is 24.8. The van der Waals surface area contributed by atoms with Gasteiger partial charge in [-0.2, -0.15) is 0 Å². The first-order valence-corrected chi connectivity index (χ1v) is 31.7. The summed E-state index contributed by atoms with van der Waals surface area (Å²) in [4.78, 5) is 50.4. The third-order valence-electron chi connectivity index (χ3n) is 9.50. The summed E-state index contributed by atoms with van der Waals surface area (Å²) in [5.74, 6) is 0. The van der Waals surface area contributed by atoms with E-state index in [4.69, 9.17) is 24.4 Å². The fourth-order valence-electron chi connectivity index (χ4n) is 6.87. The van der Waals surface area contributed by atoms with Crippen molar-refractivity contribution in [1.82, 2.24) is 29.9 Å². The molecule has 0 bridgehead atoms. The number of carbonyl (C=O) groups excluding carboxylic acids is 3. The molecule has 0 fully saturated rings. The Labute approximate surface area is 453 Å². The van der Waals surface area contributed by atoms with E-state index in [1.54, 1.807) is 58.1 Å². The Morgan fingerprint density at radius 3 is 1.03 bits per heavy atom. The van der Waals surface area contributed by atoms with E-state index in [-0.39, 0.29) is 0 Å². The van der Waals surface area contributed by atoms with Crippen molar-refractivity contribution in [2.75, 3.05) is 0 Å². The number of halogens is 3. The van der Waals surface area contributed by atoms with Crippen LogP contribution in [0.25, 0.3) is 34.2 Å². The van der Waals surface area contributed by atoms with Gasteiger partial charge in [0.2, 0.25) is 0 Å². The van der Waals surface area contributed by atoms with E-state index in [0.29, 0.717) is 16.7 Å². The van der Waals surface area contributed by atoms with Crippen LogP contribution in [0, 0.1) is 6.92 Å². The SMILES string of the molecule is CC(C)(C)[PH+](Cc1cccc(-c2ccccn2)n1)C(C)(C)C.CC(C)[PH+](Cc1cccc(-c2ccccn2)n1)C(C)C.[CH-]=O.[CH-]=O.[CH-]=O.[CH2-]Cc1cccc(-c2ccccn2)n1.[Cl][RuH+2].[Cl][RuH].[Cl][RuH]. The van der Waals surface area contributed by atoms with E-state index < -0.39 is 15.8 Å². The molecule has 0 unspecified atom stereocenters. The van der Waals surface area contributed by atoms with Gasteiger partial charge in [0.05, 0.1) is 73.3 Å². The third-order valence-corrected chi connectivity index (χ3v) is 17.6. The summed E-state index contributed by atoms with van der Waals surface area (Å²) in [6.07, 6.45) is 8.36. The Morgan fingerprint density at radius 1 is 0.485 bits per heavy atom. The molecule has 68 heavy (non-hydrogen) atoms. The van der Waals surface area contributed by atoms with Crippen LogP contribution in [0.3, 0.4) is 0 Å². The molecule has 6 aromatic rings. The van der Waals surface area contributed by atoms with Gasteiger partial charge in [0, 0.05) is 40.1 Å². The van der Waals surface area contributed by atoms with Crippen LogP contribution < -0.4 is 0 Å². The van der Waals surface area contributed by atoms with Crippen molar-refractivity contribution in [1.29, 1.82) is 0 Å². The number of rotatable bonds is 10. The van der Waals surface area contributed by atoms with Gasteiger partial charge in [0.15, 0.2) is 0 Å². The number of hydrogen-bond donors (Lipinski definition) is 0. The molecule has 6 rings (SSSR count). The second kappa shape index (κ2) is 42.2. The Kier molecular flexibility index (Phi) is 43.3. The van der Waals surface area contributed by atoms with E-state index >= 15 is 0 Å². The fourth-order valence-corrected chi connectivity index (χ4v) is 13.5. The Balaban J connectivity index is -0.000000849. The Morgan fingerprint density at radius 2 is 0.765 bits per heavy atom. The molecule has 6 heterocycles. The molecule has 9 nitrogen and oxygen atoms in total. The van der Waals surface area contributed by atoms with Crippen LogP contribution in [0.4, 0.5) is 0 Å². The summed E-state index contributed by atoms with van der Waals surface area (Å²) in [6, 6.07) is 36.3. The zero-order valence-electron chi connectivity index (χ0n) is 40.5. The summed E-state index contributed by atoms with van der Waals surface area (Å²) in [7, 11) is 12.8. The van der Waals surface area contributed by atoms with Gasteiger partial charge >= 0.3 is 81.0 Å².